The molecule has 0 radical (unpaired) electrons. The van der Waals surface area contributed by atoms with E-state index in [0.717, 1.165) is 13.0 Å². The average molecular weight is 178 g/mol. The molecule has 1 spiro atoms. The third-order valence-electron chi connectivity index (χ3n) is 2.34. The lowest BCUT2D eigenvalue weighted by Gasteiger charge is -2.37. The summed E-state index contributed by atoms with van der Waals surface area (Å²) < 4.78 is 30.4. The molecule has 2 saturated heterocycles. The van der Waals surface area contributed by atoms with E-state index in [9.17, 15) is 8.78 Å². The molecule has 3 nitrogen and oxygen atoms in total. The van der Waals surface area contributed by atoms with E-state index in [1.54, 1.807) is 0 Å². The zero-order valence-corrected chi connectivity index (χ0v) is 6.70. The Morgan fingerprint density at radius 3 is 2.58 bits per heavy atom. The van der Waals surface area contributed by atoms with Gasteiger partial charge in [0.2, 0.25) is 0 Å². The number of alkyl halides is 2. The zero-order valence-electron chi connectivity index (χ0n) is 6.70. The lowest BCUT2D eigenvalue weighted by molar-refractivity contribution is -0.185. The maximum atomic E-state index is 12.6. The van der Waals surface area contributed by atoms with E-state index < -0.39 is 18.3 Å². The Morgan fingerprint density at radius 1 is 1.25 bits per heavy atom. The van der Waals surface area contributed by atoms with Gasteiger partial charge >= 0.3 is 0 Å². The first-order valence-electron chi connectivity index (χ1n) is 4.10. The Morgan fingerprint density at radius 2 is 2.08 bits per heavy atom. The molecule has 0 aromatic rings. The molecule has 0 aromatic heterocycles. The third-order valence-corrected chi connectivity index (χ3v) is 2.34. The van der Waals surface area contributed by atoms with Crippen molar-refractivity contribution in [2.24, 2.45) is 0 Å². The van der Waals surface area contributed by atoms with Crippen LogP contribution in [0.3, 0.4) is 0 Å². The Hall–Kier alpha value is -0.260. The molecule has 1 unspecified atom stereocenters. The molecule has 2 heterocycles. The molecule has 12 heavy (non-hydrogen) atoms. The summed E-state index contributed by atoms with van der Waals surface area (Å²) in [6, 6.07) is 0. The molecule has 0 saturated carbocycles. The number of ether oxygens (including phenoxy) is 1. The molecule has 1 atom stereocenters. The minimum atomic E-state index is -2.70. The van der Waals surface area contributed by atoms with E-state index in [1.807, 2.05) is 0 Å². The maximum Gasteiger partial charge on any atom is 0.283 e. The second kappa shape index (κ2) is 2.61. The van der Waals surface area contributed by atoms with E-state index in [1.165, 1.54) is 0 Å². The Balaban J connectivity index is 1.97. The van der Waals surface area contributed by atoms with Crippen LogP contribution in [0.25, 0.3) is 0 Å². The highest BCUT2D eigenvalue weighted by atomic mass is 19.3. The summed E-state index contributed by atoms with van der Waals surface area (Å²) in [5.41, 5.74) is -0.512. The van der Waals surface area contributed by atoms with Crippen molar-refractivity contribution in [3.05, 3.63) is 0 Å². The van der Waals surface area contributed by atoms with Gasteiger partial charge in [-0.2, -0.15) is 0 Å². The zero-order chi connectivity index (χ0) is 8.66. The van der Waals surface area contributed by atoms with Crippen molar-refractivity contribution in [3.8, 4) is 0 Å². The molecule has 0 aliphatic carbocycles. The smallest absolute Gasteiger partial charge is 0.283 e. The molecule has 70 valence electrons. The van der Waals surface area contributed by atoms with Gasteiger partial charge in [0, 0.05) is 13.0 Å². The van der Waals surface area contributed by atoms with E-state index in [4.69, 9.17) is 4.74 Å². The predicted molar refractivity (Wildman–Crippen MR) is 39.1 cm³/mol. The van der Waals surface area contributed by atoms with E-state index in [0.29, 0.717) is 6.54 Å². The van der Waals surface area contributed by atoms with Gasteiger partial charge in [0.25, 0.3) is 5.92 Å². The van der Waals surface area contributed by atoms with Crippen molar-refractivity contribution in [1.29, 1.82) is 0 Å². The predicted octanol–water partition coefficient (Wildman–Crippen LogP) is -0.0689. The number of nitrogens with one attached hydrogen (secondary N) is 2. The summed E-state index contributed by atoms with van der Waals surface area (Å²) in [7, 11) is 0. The van der Waals surface area contributed by atoms with E-state index in [-0.39, 0.29) is 6.54 Å². The monoisotopic (exact) mass is 178 g/mol. The molecule has 0 aromatic carbocycles. The van der Waals surface area contributed by atoms with Crippen molar-refractivity contribution in [2.45, 2.75) is 18.1 Å². The molecule has 0 amide bonds. The van der Waals surface area contributed by atoms with E-state index in [2.05, 4.69) is 10.6 Å². The normalized spacial score (nSPS) is 40.5. The number of rotatable bonds is 0. The van der Waals surface area contributed by atoms with Crippen molar-refractivity contribution in [1.82, 2.24) is 10.6 Å². The average Bonchev–Trinajstić information content (AvgIpc) is 2.46. The molecular weight excluding hydrogens is 166 g/mol. The fourth-order valence-corrected chi connectivity index (χ4v) is 1.58. The van der Waals surface area contributed by atoms with Gasteiger partial charge in [-0.15, -0.1) is 0 Å². The van der Waals surface area contributed by atoms with Crippen LogP contribution in [0.1, 0.15) is 6.42 Å². The third kappa shape index (κ3) is 1.44. The van der Waals surface area contributed by atoms with Crippen molar-refractivity contribution in [3.63, 3.8) is 0 Å². The minimum Gasteiger partial charge on any atom is -0.353 e. The van der Waals surface area contributed by atoms with Crippen LogP contribution >= 0.6 is 0 Å². The summed E-state index contributed by atoms with van der Waals surface area (Å²) in [6.07, 6.45) is 0.767. The van der Waals surface area contributed by atoms with Gasteiger partial charge in [0.05, 0.1) is 6.54 Å². The molecule has 2 aliphatic heterocycles. The Bertz CT molecular complexity index is 168. The summed E-state index contributed by atoms with van der Waals surface area (Å²) >= 11 is 0. The van der Waals surface area contributed by atoms with Crippen LogP contribution in [-0.4, -0.2) is 37.9 Å². The van der Waals surface area contributed by atoms with Crippen LogP contribution in [0.5, 0.6) is 0 Å². The summed E-state index contributed by atoms with van der Waals surface area (Å²) in [5, 5.41) is 5.83. The first kappa shape index (κ1) is 8.34. The highest BCUT2D eigenvalue weighted by Gasteiger charge is 2.45. The van der Waals surface area contributed by atoms with Gasteiger partial charge in [0.15, 0.2) is 0 Å². The van der Waals surface area contributed by atoms with Gasteiger partial charge in [-0.1, -0.05) is 0 Å². The number of halogens is 2. The van der Waals surface area contributed by atoms with Crippen LogP contribution < -0.4 is 10.6 Å². The molecule has 2 N–H and O–H groups in total. The summed E-state index contributed by atoms with van der Waals surface area (Å²) in [6.45, 7) is 0.734. The summed E-state index contributed by atoms with van der Waals surface area (Å²) in [5.74, 6) is -2.70. The van der Waals surface area contributed by atoms with Crippen LogP contribution in [0, 0.1) is 0 Å². The van der Waals surface area contributed by atoms with Gasteiger partial charge in [-0.3, -0.25) is 5.32 Å². The van der Waals surface area contributed by atoms with E-state index >= 15 is 0 Å². The highest BCUT2D eigenvalue weighted by Crippen LogP contribution is 2.26. The summed E-state index contributed by atoms with van der Waals surface area (Å²) in [4.78, 5) is 0. The number of hydrogen-bond acceptors (Lipinski definition) is 3. The van der Waals surface area contributed by atoms with Crippen molar-refractivity contribution < 1.29 is 13.5 Å². The molecule has 0 bridgehead atoms. The quantitative estimate of drug-likeness (QED) is 0.545. The largest absolute Gasteiger partial charge is 0.353 e. The highest BCUT2D eigenvalue weighted by molar-refractivity contribution is 4.93. The molecule has 2 fully saturated rings. The molecule has 5 heteroatoms. The van der Waals surface area contributed by atoms with Crippen molar-refractivity contribution in [2.75, 3.05) is 26.2 Å². The Kier molecular flexibility index (Phi) is 1.82. The molecule has 2 aliphatic rings. The standard InChI is InChI=1S/C7H12F2N2O/c8-6(9)3-11-7(12-5-6)1-2-10-4-7/h10-11H,1-5H2. The fraction of sp³-hybridized carbons (Fsp3) is 1.00. The topological polar surface area (TPSA) is 33.3 Å². The number of hydrogen-bond donors (Lipinski definition) is 2. The second-order valence-corrected chi connectivity index (χ2v) is 3.42. The fourth-order valence-electron chi connectivity index (χ4n) is 1.58. The maximum absolute atomic E-state index is 12.6. The SMILES string of the molecule is FC1(F)CNC2(CCNC2)OC1. The first-order chi connectivity index (χ1) is 5.62. The lowest BCUT2D eigenvalue weighted by Crippen LogP contribution is -2.60. The second-order valence-electron chi connectivity index (χ2n) is 3.42. The van der Waals surface area contributed by atoms with Gasteiger partial charge in [-0.05, 0) is 6.54 Å². The van der Waals surface area contributed by atoms with Crippen molar-refractivity contribution >= 4 is 0 Å². The lowest BCUT2D eigenvalue weighted by atomic mass is 10.1. The Labute approximate surface area is 69.5 Å². The van der Waals surface area contributed by atoms with Crippen LogP contribution in [0.2, 0.25) is 0 Å². The van der Waals surface area contributed by atoms with Crippen LogP contribution in [0.15, 0.2) is 0 Å². The van der Waals surface area contributed by atoms with Gasteiger partial charge in [0.1, 0.15) is 12.3 Å². The molecule has 2 rings (SSSR count). The molecular formula is C7H12F2N2O. The first-order valence-corrected chi connectivity index (χ1v) is 4.10. The van der Waals surface area contributed by atoms with Gasteiger partial charge < -0.3 is 10.1 Å². The van der Waals surface area contributed by atoms with Crippen LogP contribution in [0.4, 0.5) is 8.78 Å². The van der Waals surface area contributed by atoms with Gasteiger partial charge in [-0.25, -0.2) is 8.78 Å². The minimum absolute atomic E-state index is 0.269. The van der Waals surface area contributed by atoms with Crippen LogP contribution in [-0.2, 0) is 4.74 Å².